The standard InChI is InChI=1S/C21H23FN2O2.C2H6/c1-5-14-24(15-16-6-8-17(22)9-7-16)19-12-10-18(11-13-19)23-20(25)26-21(2,3)4;1-2/h1,6-13H,14-15H2,2-4H3,(H,23,25);1-2H3. The quantitative estimate of drug-likeness (QED) is 0.659. The van der Waals surface area contributed by atoms with Crippen molar-refractivity contribution in [1.82, 2.24) is 0 Å². The van der Waals surface area contributed by atoms with Gasteiger partial charge in [0.05, 0.1) is 6.54 Å². The molecule has 0 unspecified atom stereocenters. The van der Waals surface area contributed by atoms with Crippen molar-refractivity contribution in [3.8, 4) is 12.3 Å². The highest BCUT2D eigenvalue weighted by atomic mass is 19.1. The summed E-state index contributed by atoms with van der Waals surface area (Å²) in [5, 5.41) is 2.69. The fraction of sp³-hybridized carbons (Fsp3) is 0.348. The Balaban J connectivity index is 0.00000190. The maximum atomic E-state index is 13.1. The van der Waals surface area contributed by atoms with Gasteiger partial charge in [0, 0.05) is 17.9 Å². The minimum atomic E-state index is -0.553. The predicted molar refractivity (Wildman–Crippen MR) is 114 cm³/mol. The molecule has 0 radical (unpaired) electrons. The van der Waals surface area contributed by atoms with Gasteiger partial charge in [0.2, 0.25) is 0 Å². The molecule has 4 nitrogen and oxygen atoms in total. The van der Waals surface area contributed by atoms with Crippen LogP contribution < -0.4 is 10.2 Å². The molecule has 0 aliphatic carbocycles. The van der Waals surface area contributed by atoms with E-state index in [1.807, 2.05) is 51.7 Å². The van der Waals surface area contributed by atoms with Crippen molar-refractivity contribution >= 4 is 17.5 Å². The molecule has 1 amide bonds. The number of hydrogen-bond donors (Lipinski definition) is 1. The van der Waals surface area contributed by atoms with Crippen molar-refractivity contribution in [1.29, 1.82) is 0 Å². The number of benzene rings is 2. The average Bonchev–Trinajstić information content (AvgIpc) is 2.64. The van der Waals surface area contributed by atoms with Crippen LogP contribution in [0.3, 0.4) is 0 Å². The number of anilines is 2. The molecule has 0 saturated heterocycles. The van der Waals surface area contributed by atoms with Gasteiger partial charge in [-0.05, 0) is 62.7 Å². The zero-order chi connectivity index (χ0) is 21.2. The van der Waals surface area contributed by atoms with Gasteiger partial charge in [-0.3, -0.25) is 5.32 Å². The van der Waals surface area contributed by atoms with Gasteiger partial charge in [0.25, 0.3) is 0 Å². The molecule has 0 atom stereocenters. The van der Waals surface area contributed by atoms with Crippen LogP contribution in [0.25, 0.3) is 0 Å². The van der Waals surface area contributed by atoms with E-state index in [0.717, 1.165) is 11.3 Å². The van der Waals surface area contributed by atoms with Gasteiger partial charge in [-0.1, -0.05) is 31.9 Å². The fourth-order valence-corrected chi connectivity index (χ4v) is 2.34. The lowest BCUT2D eigenvalue weighted by Gasteiger charge is -2.23. The summed E-state index contributed by atoms with van der Waals surface area (Å²) in [6, 6.07) is 13.6. The summed E-state index contributed by atoms with van der Waals surface area (Å²) in [5.41, 5.74) is 1.94. The van der Waals surface area contributed by atoms with E-state index in [4.69, 9.17) is 11.2 Å². The minimum absolute atomic E-state index is 0.269. The van der Waals surface area contributed by atoms with E-state index in [2.05, 4.69) is 11.2 Å². The number of rotatable bonds is 5. The normalized spacial score (nSPS) is 10.2. The Labute approximate surface area is 167 Å². The molecular weight excluding hydrogens is 355 g/mol. The van der Waals surface area contributed by atoms with Crippen LogP contribution in [0.1, 0.15) is 40.2 Å². The van der Waals surface area contributed by atoms with Gasteiger partial charge in [-0.25, -0.2) is 9.18 Å². The summed E-state index contributed by atoms with van der Waals surface area (Å²) in [6.45, 7) is 10.4. The number of hydrogen-bond acceptors (Lipinski definition) is 3. The molecule has 0 heterocycles. The van der Waals surface area contributed by atoms with Crippen molar-refractivity contribution in [3.05, 3.63) is 59.9 Å². The lowest BCUT2D eigenvalue weighted by molar-refractivity contribution is 0.0636. The van der Waals surface area contributed by atoms with Gasteiger partial charge in [-0.15, -0.1) is 6.42 Å². The molecule has 2 aromatic carbocycles. The third-order valence-corrected chi connectivity index (χ3v) is 3.45. The molecule has 0 aliphatic heterocycles. The van der Waals surface area contributed by atoms with Gasteiger partial charge in [0.15, 0.2) is 0 Å². The second-order valence-electron chi connectivity index (χ2n) is 6.86. The molecule has 0 aromatic heterocycles. The van der Waals surface area contributed by atoms with E-state index in [0.29, 0.717) is 18.8 Å². The number of carbonyl (C=O) groups is 1. The first-order chi connectivity index (χ1) is 13.3. The number of carbonyl (C=O) groups excluding carboxylic acids is 1. The molecule has 2 rings (SSSR count). The molecule has 1 N–H and O–H groups in total. The average molecular weight is 384 g/mol. The minimum Gasteiger partial charge on any atom is -0.444 e. The van der Waals surface area contributed by atoms with Gasteiger partial charge < -0.3 is 9.64 Å². The van der Waals surface area contributed by atoms with E-state index in [1.54, 1.807) is 24.3 Å². The number of halogens is 1. The van der Waals surface area contributed by atoms with Crippen LogP contribution in [0, 0.1) is 18.2 Å². The van der Waals surface area contributed by atoms with Gasteiger partial charge in [-0.2, -0.15) is 0 Å². The Morgan fingerprint density at radius 3 is 2.18 bits per heavy atom. The van der Waals surface area contributed by atoms with Gasteiger partial charge >= 0.3 is 6.09 Å². The first-order valence-corrected chi connectivity index (χ1v) is 9.30. The summed E-state index contributed by atoms with van der Waals surface area (Å²) in [7, 11) is 0. The van der Waals surface area contributed by atoms with Crippen LogP contribution in [-0.2, 0) is 11.3 Å². The molecular formula is C23H29FN2O2. The van der Waals surface area contributed by atoms with Crippen molar-refractivity contribution in [3.63, 3.8) is 0 Å². The van der Waals surface area contributed by atoms with E-state index in [1.165, 1.54) is 12.1 Å². The lowest BCUT2D eigenvalue weighted by Crippen LogP contribution is -2.27. The van der Waals surface area contributed by atoms with Crippen LogP contribution in [0.5, 0.6) is 0 Å². The second kappa shape index (κ2) is 11.0. The third-order valence-electron chi connectivity index (χ3n) is 3.45. The Bertz CT molecular complexity index is 772. The van der Waals surface area contributed by atoms with Crippen LogP contribution >= 0.6 is 0 Å². The summed E-state index contributed by atoms with van der Waals surface area (Å²) in [4.78, 5) is 13.8. The zero-order valence-electron chi connectivity index (χ0n) is 17.3. The second-order valence-corrected chi connectivity index (χ2v) is 6.86. The van der Waals surface area contributed by atoms with Crippen molar-refractivity contribution < 1.29 is 13.9 Å². The molecule has 2 aromatic rings. The van der Waals surface area contributed by atoms with Crippen molar-refractivity contribution in [2.24, 2.45) is 0 Å². The van der Waals surface area contributed by atoms with E-state index < -0.39 is 11.7 Å². The Hall–Kier alpha value is -3.00. The summed E-state index contributed by atoms with van der Waals surface area (Å²) in [5.74, 6) is 2.36. The molecule has 5 heteroatoms. The summed E-state index contributed by atoms with van der Waals surface area (Å²) >= 11 is 0. The SMILES string of the molecule is C#CCN(Cc1ccc(F)cc1)c1ccc(NC(=O)OC(C)(C)C)cc1.CC. The molecule has 0 saturated carbocycles. The monoisotopic (exact) mass is 384 g/mol. The fourth-order valence-electron chi connectivity index (χ4n) is 2.34. The topological polar surface area (TPSA) is 41.6 Å². The molecule has 0 bridgehead atoms. The number of amides is 1. The van der Waals surface area contributed by atoms with Crippen LogP contribution in [0.2, 0.25) is 0 Å². The molecule has 150 valence electrons. The van der Waals surface area contributed by atoms with E-state index in [9.17, 15) is 9.18 Å². The first-order valence-electron chi connectivity index (χ1n) is 9.30. The van der Waals surface area contributed by atoms with Crippen molar-refractivity contribution in [2.75, 3.05) is 16.8 Å². The molecule has 0 spiro atoms. The number of terminal acetylenes is 1. The summed E-state index contributed by atoms with van der Waals surface area (Å²) in [6.07, 6.45) is 4.97. The highest BCUT2D eigenvalue weighted by Crippen LogP contribution is 2.21. The Kier molecular flexibility index (Phi) is 9.04. The third kappa shape index (κ3) is 8.13. The number of nitrogens with one attached hydrogen (secondary N) is 1. The number of ether oxygens (including phenoxy) is 1. The largest absolute Gasteiger partial charge is 0.444 e. The highest BCUT2D eigenvalue weighted by molar-refractivity contribution is 5.85. The zero-order valence-corrected chi connectivity index (χ0v) is 17.3. The molecule has 28 heavy (non-hydrogen) atoms. The van der Waals surface area contributed by atoms with Crippen LogP contribution in [0.15, 0.2) is 48.5 Å². The lowest BCUT2D eigenvalue weighted by atomic mass is 10.2. The maximum Gasteiger partial charge on any atom is 0.412 e. The first kappa shape index (κ1) is 23.0. The van der Waals surface area contributed by atoms with Gasteiger partial charge in [0.1, 0.15) is 11.4 Å². The highest BCUT2D eigenvalue weighted by Gasteiger charge is 2.16. The smallest absolute Gasteiger partial charge is 0.412 e. The van der Waals surface area contributed by atoms with E-state index >= 15 is 0 Å². The van der Waals surface area contributed by atoms with E-state index in [-0.39, 0.29) is 5.82 Å². The molecule has 0 fully saturated rings. The number of nitrogens with zero attached hydrogens (tertiary/aromatic N) is 1. The predicted octanol–water partition coefficient (Wildman–Crippen LogP) is 5.84. The Morgan fingerprint density at radius 1 is 1.11 bits per heavy atom. The summed E-state index contributed by atoms with van der Waals surface area (Å²) < 4.78 is 18.3. The maximum absolute atomic E-state index is 13.1. The van der Waals surface area contributed by atoms with Crippen LogP contribution in [0.4, 0.5) is 20.6 Å². The van der Waals surface area contributed by atoms with Crippen molar-refractivity contribution in [2.45, 2.75) is 46.8 Å². The molecule has 0 aliphatic rings. The Morgan fingerprint density at radius 2 is 1.68 bits per heavy atom. The van der Waals surface area contributed by atoms with Crippen LogP contribution in [-0.4, -0.2) is 18.2 Å².